The van der Waals surface area contributed by atoms with E-state index in [2.05, 4.69) is 19.0 Å². The van der Waals surface area contributed by atoms with Crippen LogP contribution in [0, 0.1) is 0 Å². The van der Waals surface area contributed by atoms with Gasteiger partial charge in [-0.25, -0.2) is 0 Å². The number of fused-ring (bicyclic) bond motifs is 1. The van der Waals surface area contributed by atoms with Gasteiger partial charge < -0.3 is 10.4 Å². The first kappa shape index (κ1) is 13.4. The van der Waals surface area contributed by atoms with E-state index in [1.807, 2.05) is 0 Å². The standard InChI is InChI=1S/C12H8Cl2N4OS/c13-8-3-9(14)11-12(18-20-17-11)10(8)16-4-6-1-2-7(19)5-15-6/h1-3,5,16,19H,4H2. The molecule has 0 fully saturated rings. The molecule has 0 spiro atoms. The summed E-state index contributed by atoms with van der Waals surface area (Å²) < 4.78 is 8.34. The van der Waals surface area contributed by atoms with Gasteiger partial charge in [-0.05, 0) is 18.2 Å². The Labute approximate surface area is 128 Å². The second-order valence-corrected chi connectivity index (χ2v) is 5.38. The molecule has 1 aromatic heterocycles. The molecular formula is C12H8Cl2N4OS. The highest BCUT2D eigenvalue weighted by molar-refractivity contribution is 7.58. The molecular weight excluding hydrogens is 319 g/mol. The average molecular weight is 327 g/mol. The van der Waals surface area contributed by atoms with E-state index >= 15 is 0 Å². The molecule has 1 aliphatic rings. The lowest BCUT2D eigenvalue weighted by Crippen LogP contribution is -2.02. The quantitative estimate of drug-likeness (QED) is 0.747. The number of hydrogen-bond acceptors (Lipinski definition) is 5. The summed E-state index contributed by atoms with van der Waals surface area (Å²) >= 11 is 13.3. The highest BCUT2D eigenvalue weighted by atomic mass is 35.5. The molecule has 0 saturated heterocycles. The summed E-state index contributed by atoms with van der Waals surface area (Å²) in [6.45, 7) is 0.453. The van der Waals surface area contributed by atoms with E-state index in [-0.39, 0.29) is 5.75 Å². The number of hydrogen-bond donors (Lipinski definition) is 2. The average Bonchev–Trinajstić information content (AvgIpc) is 2.90. The molecule has 1 aliphatic heterocycles. The normalized spacial score (nSPS) is 12.1. The van der Waals surface area contributed by atoms with Crippen molar-refractivity contribution >= 4 is 51.6 Å². The number of aromatic nitrogens is 1. The third-order valence-electron chi connectivity index (χ3n) is 2.70. The topological polar surface area (TPSA) is 69.9 Å². The minimum absolute atomic E-state index is 0.129. The number of nitrogens with one attached hydrogen (secondary N) is 1. The van der Waals surface area contributed by atoms with Gasteiger partial charge in [-0.3, -0.25) is 4.98 Å². The summed E-state index contributed by atoms with van der Waals surface area (Å²) in [4.78, 5) is 4.09. The molecule has 0 atom stereocenters. The van der Waals surface area contributed by atoms with Crippen molar-refractivity contribution < 1.29 is 5.11 Å². The maximum atomic E-state index is 9.19. The number of aromatic hydroxyl groups is 1. The maximum Gasteiger partial charge on any atom is 0.133 e. The lowest BCUT2D eigenvalue weighted by Gasteiger charge is -2.11. The number of anilines is 1. The highest BCUT2D eigenvalue weighted by Gasteiger charge is 2.18. The molecule has 0 saturated carbocycles. The largest absolute Gasteiger partial charge is 0.506 e. The first-order chi connectivity index (χ1) is 9.65. The Morgan fingerprint density at radius 3 is 2.70 bits per heavy atom. The first-order valence-corrected chi connectivity index (χ1v) is 7.12. The molecule has 2 aromatic rings. The number of rotatable bonds is 3. The minimum Gasteiger partial charge on any atom is -0.506 e. The molecule has 20 heavy (non-hydrogen) atoms. The zero-order valence-electron chi connectivity index (χ0n) is 9.97. The molecule has 0 bridgehead atoms. The molecule has 0 amide bonds. The summed E-state index contributed by atoms with van der Waals surface area (Å²) in [6.07, 6.45) is 1.39. The van der Waals surface area contributed by atoms with Crippen LogP contribution in [-0.2, 0) is 17.9 Å². The Balaban J connectivity index is 1.87. The van der Waals surface area contributed by atoms with Gasteiger partial charge in [0.15, 0.2) is 0 Å². The Kier molecular flexibility index (Phi) is 3.60. The summed E-state index contributed by atoms with van der Waals surface area (Å²) in [7, 11) is 0. The van der Waals surface area contributed by atoms with Gasteiger partial charge in [0.25, 0.3) is 0 Å². The summed E-state index contributed by atoms with van der Waals surface area (Å²) in [5.74, 6) is 0.129. The second-order valence-electron chi connectivity index (χ2n) is 4.04. The molecule has 1 aromatic carbocycles. The Morgan fingerprint density at radius 2 is 1.95 bits per heavy atom. The summed E-state index contributed by atoms with van der Waals surface area (Å²) in [5, 5.41) is 13.3. The number of halogens is 2. The monoisotopic (exact) mass is 326 g/mol. The smallest absolute Gasteiger partial charge is 0.133 e. The van der Waals surface area contributed by atoms with E-state index in [4.69, 9.17) is 23.2 Å². The van der Waals surface area contributed by atoms with Gasteiger partial charge in [-0.1, -0.05) is 23.2 Å². The summed E-state index contributed by atoms with van der Waals surface area (Å²) in [6, 6.07) is 4.94. The lowest BCUT2D eigenvalue weighted by atomic mass is 10.2. The number of benzene rings is 1. The van der Waals surface area contributed by atoms with Crippen LogP contribution in [0.25, 0.3) is 0 Å². The predicted octanol–water partition coefficient (Wildman–Crippen LogP) is 4.43. The molecule has 3 rings (SSSR count). The predicted molar refractivity (Wildman–Crippen MR) is 81.2 cm³/mol. The van der Waals surface area contributed by atoms with E-state index < -0.39 is 0 Å². The van der Waals surface area contributed by atoms with Crippen molar-refractivity contribution in [3.63, 3.8) is 0 Å². The lowest BCUT2D eigenvalue weighted by molar-refractivity contribution is 0.472. The van der Waals surface area contributed by atoms with Gasteiger partial charge in [0, 0.05) is 0 Å². The van der Waals surface area contributed by atoms with Crippen molar-refractivity contribution in [2.24, 2.45) is 8.73 Å². The van der Waals surface area contributed by atoms with E-state index in [0.29, 0.717) is 33.7 Å². The number of nitrogens with zero attached hydrogens (tertiary/aromatic N) is 3. The fraction of sp³-hybridized carbons (Fsp3) is 0.0833. The number of pyridine rings is 1. The van der Waals surface area contributed by atoms with Gasteiger partial charge >= 0.3 is 0 Å². The van der Waals surface area contributed by atoms with Crippen LogP contribution in [0.15, 0.2) is 33.1 Å². The van der Waals surface area contributed by atoms with Crippen molar-refractivity contribution in [2.75, 3.05) is 5.32 Å². The van der Waals surface area contributed by atoms with Gasteiger partial charge in [-0.15, -0.1) is 0 Å². The Hall–Kier alpha value is -1.63. The zero-order valence-corrected chi connectivity index (χ0v) is 12.3. The van der Waals surface area contributed by atoms with Crippen molar-refractivity contribution in [1.82, 2.24) is 4.98 Å². The van der Waals surface area contributed by atoms with Gasteiger partial charge in [-0.2, -0.15) is 8.73 Å². The van der Waals surface area contributed by atoms with Crippen molar-refractivity contribution in [1.29, 1.82) is 0 Å². The van der Waals surface area contributed by atoms with Crippen LogP contribution in [-0.4, -0.2) is 10.1 Å². The Morgan fingerprint density at radius 1 is 1.15 bits per heavy atom. The van der Waals surface area contributed by atoms with Crippen molar-refractivity contribution in [3.8, 4) is 5.75 Å². The van der Waals surface area contributed by atoms with Crippen LogP contribution in [0.5, 0.6) is 5.75 Å². The van der Waals surface area contributed by atoms with Gasteiger partial charge in [0.1, 0.15) is 17.1 Å². The molecule has 2 heterocycles. The van der Waals surface area contributed by atoms with Crippen LogP contribution >= 0.6 is 23.2 Å². The van der Waals surface area contributed by atoms with Crippen LogP contribution in [0.4, 0.5) is 17.1 Å². The van der Waals surface area contributed by atoms with Crippen LogP contribution in [0.1, 0.15) is 5.69 Å². The minimum atomic E-state index is 0.129. The van der Waals surface area contributed by atoms with E-state index in [9.17, 15) is 5.11 Å². The SMILES string of the molecule is Oc1ccc(CNc2c(Cl)cc(Cl)c3c2N=S=N3)nc1. The molecule has 5 nitrogen and oxygen atoms in total. The van der Waals surface area contributed by atoms with Crippen LogP contribution in [0.2, 0.25) is 10.0 Å². The van der Waals surface area contributed by atoms with Crippen molar-refractivity contribution in [3.05, 3.63) is 40.1 Å². The molecule has 102 valence electrons. The molecule has 8 heteroatoms. The zero-order chi connectivity index (χ0) is 14.1. The molecule has 0 aliphatic carbocycles. The molecule has 2 N–H and O–H groups in total. The molecule has 0 unspecified atom stereocenters. The highest BCUT2D eigenvalue weighted by Crippen LogP contribution is 2.47. The fourth-order valence-electron chi connectivity index (χ4n) is 1.74. The van der Waals surface area contributed by atoms with Crippen molar-refractivity contribution in [2.45, 2.75) is 6.54 Å². The van der Waals surface area contributed by atoms with Crippen LogP contribution in [0.3, 0.4) is 0 Å². The fourth-order valence-corrected chi connectivity index (χ4v) is 2.92. The van der Waals surface area contributed by atoms with E-state index in [1.54, 1.807) is 18.2 Å². The Bertz CT molecular complexity index is 742. The summed E-state index contributed by atoms with van der Waals surface area (Å²) in [5.41, 5.74) is 2.72. The third kappa shape index (κ3) is 2.49. The van der Waals surface area contributed by atoms with Gasteiger partial charge in [0.2, 0.25) is 0 Å². The second kappa shape index (κ2) is 5.40. The van der Waals surface area contributed by atoms with Crippen LogP contribution < -0.4 is 5.32 Å². The molecule has 0 radical (unpaired) electrons. The van der Waals surface area contributed by atoms with Gasteiger partial charge in [0.05, 0.1) is 45.5 Å². The van der Waals surface area contributed by atoms with E-state index in [1.165, 1.54) is 6.20 Å². The first-order valence-electron chi connectivity index (χ1n) is 5.63. The third-order valence-corrected chi connectivity index (χ3v) is 3.81. The van der Waals surface area contributed by atoms with E-state index in [0.717, 1.165) is 17.0 Å². The maximum absolute atomic E-state index is 9.19.